The minimum atomic E-state index is 0.395. The zero-order valence-electron chi connectivity index (χ0n) is 16.4. The van der Waals surface area contributed by atoms with Crippen LogP contribution in [0.2, 0.25) is 0 Å². The number of aromatic nitrogens is 2. The zero-order chi connectivity index (χ0) is 20.3. The third-order valence-corrected chi connectivity index (χ3v) is 4.01. The van der Waals surface area contributed by atoms with E-state index in [0.29, 0.717) is 43.0 Å². The average Bonchev–Trinajstić information content (AvgIpc) is 2.76. The minimum Gasteiger partial charge on any atom is -0.490 e. The molecule has 0 fully saturated rings. The summed E-state index contributed by atoms with van der Waals surface area (Å²) < 4.78 is 11.4. The summed E-state index contributed by atoms with van der Waals surface area (Å²) in [5.41, 5.74) is 7.87. The van der Waals surface area contributed by atoms with Crippen LogP contribution >= 0.6 is 0 Å². The molecule has 2 heterocycles. The highest BCUT2D eigenvalue weighted by atomic mass is 16.5. The largest absolute Gasteiger partial charge is 0.490 e. The summed E-state index contributed by atoms with van der Waals surface area (Å²) in [5.74, 6) is 2.21. The highest BCUT2D eigenvalue weighted by molar-refractivity contribution is 5.77. The summed E-state index contributed by atoms with van der Waals surface area (Å²) in [4.78, 5) is 13.0. The monoisotopic (exact) mass is 391 g/mol. The fraction of sp³-hybridized carbons (Fsp3) is 0.227. The van der Waals surface area contributed by atoms with Crippen LogP contribution < -0.4 is 20.5 Å². The van der Waals surface area contributed by atoms with E-state index in [2.05, 4.69) is 20.3 Å². The molecule has 3 aromatic rings. The van der Waals surface area contributed by atoms with Crippen molar-refractivity contribution < 1.29 is 9.47 Å². The third-order valence-electron chi connectivity index (χ3n) is 4.01. The predicted octanol–water partition coefficient (Wildman–Crippen LogP) is 3.31. The molecule has 0 atom stereocenters. The molecule has 0 radical (unpaired) electrons. The Hall–Kier alpha value is -3.61. The van der Waals surface area contributed by atoms with Gasteiger partial charge < -0.3 is 20.5 Å². The molecule has 0 saturated heterocycles. The number of hydrogen-bond donors (Lipinski definition) is 2. The Labute approximate surface area is 170 Å². The summed E-state index contributed by atoms with van der Waals surface area (Å²) in [6.07, 6.45) is 4.29. The Morgan fingerprint density at radius 1 is 1.03 bits per heavy atom. The molecule has 0 spiro atoms. The second-order valence-corrected chi connectivity index (χ2v) is 6.19. The second-order valence-electron chi connectivity index (χ2n) is 6.19. The molecule has 150 valence electrons. The van der Waals surface area contributed by atoms with E-state index in [1.165, 1.54) is 0 Å². The summed E-state index contributed by atoms with van der Waals surface area (Å²) in [6, 6.07) is 17.1. The molecular formula is C22H25N5O2. The maximum atomic E-state index is 5.92. The van der Waals surface area contributed by atoms with Crippen molar-refractivity contribution in [2.75, 3.05) is 13.2 Å². The quantitative estimate of drug-likeness (QED) is 0.429. The van der Waals surface area contributed by atoms with E-state index in [9.17, 15) is 0 Å². The molecule has 0 bridgehead atoms. The van der Waals surface area contributed by atoms with E-state index < -0.39 is 0 Å². The van der Waals surface area contributed by atoms with Gasteiger partial charge in [0.2, 0.25) is 5.88 Å². The first-order valence-electron chi connectivity index (χ1n) is 9.53. The van der Waals surface area contributed by atoms with Crippen molar-refractivity contribution in [3.05, 3.63) is 78.2 Å². The van der Waals surface area contributed by atoms with Crippen molar-refractivity contribution in [2.24, 2.45) is 10.7 Å². The van der Waals surface area contributed by atoms with Gasteiger partial charge in [-0.2, -0.15) is 0 Å². The van der Waals surface area contributed by atoms with Crippen molar-refractivity contribution in [3.63, 3.8) is 0 Å². The Morgan fingerprint density at radius 3 is 2.59 bits per heavy atom. The number of aliphatic imine (C=N–C) groups is 1. The molecule has 0 aliphatic carbocycles. The lowest BCUT2D eigenvalue weighted by Gasteiger charge is -2.10. The van der Waals surface area contributed by atoms with Gasteiger partial charge >= 0.3 is 0 Å². The normalized spacial score (nSPS) is 11.1. The number of benzene rings is 1. The van der Waals surface area contributed by atoms with Crippen molar-refractivity contribution in [1.29, 1.82) is 0 Å². The lowest BCUT2D eigenvalue weighted by Crippen LogP contribution is -2.33. The molecule has 3 rings (SSSR count). The number of nitrogens with one attached hydrogen (secondary N) is 1. The van der Waals surface area contributed by atoms with Crippen LogP contribution in [0, 0.1) is 0 Å². The van der Waals surface area contributed by atoms with E-state index in [1.54, 1.807) is 18.5 Å². The van der Waals surface area contributed by atoms with Gasteiger partial charge in [-0.1, -0.05) is 24.3 Å². The zero-order valence-corrected chi connectivity index (χ0v) is 16.4. The summed E-state index contributed by atoms with van der Waals surface area (Å²) in [6.45, 7) is 3.62. The van der Waals surface area contributed by atoms with Crippen molar-refractivity contribution >= 4 is 5.96 Å². The maximum absolute atomic E-state index is 5.92. The number of hydrogen-bond acceptors (Lipinski definition) is 5. The van der Waals surface area contributed by atoms with E-state index in [-0.39, 0.29) is 0 Å². The Bertz CT molecular complexity index is 914. The number of rotatable bonds is 9. The topological polar surface area (TPSA) is 94.7 Å². The van der Waals surface area contributed by atoms with Crippen molar-refractivity contribution in [2.45, 2.75) is 19.9 Å². The van der Waals surface area contributed by atoms with Crippen molar-refractivity contribution in [1.82, 2.24) is 15.3 Å². The minimum absolute atomic E-state index is 0.395. The van der Waals surface area contributed by atoms with Crippen molar-refractivity contribution in [3.8, 4) is 17.4 Å². The molecule has 29 heavy (non-hydrogen) atoms. The van der Waals surface area contributed by atoms with Gasteiger partial charge in [-0.05, 0) is 36.8 Å². The number of pyridine rings is 2. The summed E-state index contributed by atoms with van der Waals surface area (Å²) in [5, 5.41) is 3.09. The van der Waals surface area contributed by atoms with Crippen LogP contribution in [0.15, 0.2) is 72.0 Å². The standard InChI is InChI=1S/C22H25N5O2/c1-2-28-19-8-3-4-9-20(19)29-21-11-10-17(15-26-21)16-27-22(23)25-14-12-18-7-5-6-13-24-18/h3-11,13,15H,2,12,14,16H2,1H3,(H3,23,25,27). The van der Waals surface area contributed by atoms with Crippen LogP contribution in [0.3, 0.4) is 0 Å². The number of para-hydroxylation sites is 2. The smallest absolute Gasteiger partial charge is 0.219 e. The Balaban J connectivity index is 1.49. The molecule has 0 aliphatic rings. The first-order chi connectivity index (χ1) is 14.2. The Kier molecular flexibility index (Phi) is 7.40. The van der Waals surface area contributed by atoms with E-state index in [0.717, 1.165) is 17.7 Å². The molecular weight excluding hydrogens is 366 g/mol. The van der Waals surface area contributed by atoms with Crippen LogP contribution in [0.4, 0.5) is 0 Å². The van der Waals surface area contributed by atoms with Gasteiger partial charge in [0, 0.05) is 37.1 Å². The Morgan fingerprint density at radius 2 is 1.86 bits per heavy atom. The molecule has 2 aromatic heterocycles. The molecule has 7 nitrogen and oxygen atoms in total. The highest BCUT2D eigenvalue weighted by Crippen LogP contribution is 2.30. The molecule has 3 N–H and O–H groups in total. The van der Waals surface area contributed by atoms with Gasteiger partial charge in [0.1, 0.15) is 0 Å². The molecule has 0 amide bonds. The second kappa shape index (κ2) is 10.7. The van der Waals surface area contributed by atoms with Crippen LogP contribution in [0.5, 0.6) is 17.4 Å². The highest BCUT2D eigenvalue weighted by Gasteiger charge is 2.06. The van der Waals surface area contributed by atoms with Gasteiger partial charge in [-0.3, -0.25) is 4.98 Å². The van der Waals surface area contributed by atoms with Gasteiger partial charge in [-0.15, -0.1) is 0 Å². The molecule has 7 heteroatoms. The number of guanidine groups is 1. The van der Waals surface area contributed by atoms with Crippen LogP contribution in [-0.4, -0.2) is 29.1 Å². The van der Waals surface area contributed by atoms with Gasteiger partial charge in [0.05, 0.1) is 13.2 Å². The summed E-state index contributed by atoms with van der Waals surface area (Å²) in [7, 11) is 0. The maximum Gasteiger partial charge on any atom is 0.219 e. The predicted molar refractivity (Wildman–Crippen MR) is 113 cm³/mol. The van der Waals surface area contributed by atoms with Crippen LogP contribution in [0.25, 0.3) is 0 Å². The van der Waals surface area contributed by atoms with E-state index >= 15 is 0 Å². The lowest BCUT2D eigenvalue weighted by atomic mass is 10.3. The first-order valence-corrected chi connectivity index (χ1v) is 9.53. The lowest BCUT2D eigenvalue weighted by molar-refractivity contribution is 0.319. The van der Waals surface area contributed by atoms with Crippen LogP contribution in [-0.2, 0) is 13.0 Å². The van der Waals surface area contributed by atoms with E-state index in [4.69, 9.17) is 15.2 Å². The van der Waals surface area contributed by atoms with Gasteiger partial charge in [-0.25, -0.2) is 9.98 Å². The number of ether oxygens (including phenoxy) is 2. The summed E-state index contributed by atoms with van der Waals surface area (Å²) >= 11 is 0. The SMILES string of the molecule is CCOc1ccccc1Oc1ccc(CN=C(N)NCCc2ccccn2)cn1. The van der Waals surface area contributed by atoms with E-state index in [1.807, 2.05) is 55.5 Å². The van der Waals surface area contributed by atoms with Gasteiger partial charge in [0.15, 0.2) is 17.5 Å². The fourth-order valence-electron chi connectivity index (χ4n) is 2.58. The fourth-order valence-corrected chi connectivity index (χ4v) is 2.58. The molecule has 0 unspecified atom stereocenters. The number of nitrogens with two attached hydrogens (primary N) is 1. The molecule has 0 saturated carbocycles. The first kappa shape index (κ1) is 20.1. The van der Waals surface area contributed by atoms with Crippen LogP contribution in [0.1, 0.15) is 18.2 Å². The number of nitrogens with zero attached hydrogens (tertiary/aromatic N) is 3. The molecule has 0 aliphatic heterocycles. The third kappa shape index (κ3) is 6.49. The molecule has 1 aromatic carbocycles. The van der Waals surface area contributed by atoms with Gasteiger partial charge in [0.25, 0.3) is 0 Å². The average molecular weight is 391 g/mol.